The lowest BCUT2D eigenvalue weighted by molar-refractivity contribution is 0.164. The third kappa shape index (κ3) is 3.13. The summed E-state index contributed by atoms with van der Waals surface area (Å²) in [7, 11) is 2.02. The van der Waals surface area contributed by atoms with Crippen LogP contribution in [0.4, 0.5) is 4.39 Å². The van der Waals surface area contributed by atoms with Crippen molar-refractivity contribution >= 4 is 0 Å². The van der Waals surface area contributed by atoms with Gasteiger partial charge in [0.15, 0.2) is 0 Å². The van der Waals surface area contributed by atoms with Gasteiger partial charge in [-0.05, 0) is 44.0 Å². The number of aryl methyl sites for hydroxylation is 1. The highest BCUT2D eigenvalue weighted by molar-refractivity contribution is 5.29. The molecule has 102 valence electrons. The Morgan fingerprint density at radius 1 is 1.32 bits per heavy atom. The fraction of sp³-hybridized carbons (Fsp3) is 0.562. The normalized spacial score (nSPS) is 18.3. The van der Waals surface area contributed by atoms with E-state index in [4.69, 9.17) is 0 Å². The molecule has 1 aliphatic carbocycles. The van der Waals surface area contributed by atoms with Crippen LogP contribution < -0.4 is 0 Å². The van der Waals surface area contributed by atoms with Crippen molar-refractivity contribution in [3.63, 3.8) is 0 Å². The SMILES string of the molecule is Cc1cc(C(C#N)N(C)C2CCCCC2)ccc1F. The molecule has 0 heterocycles. The lowest BCUT2D eigenvalue weighted by atomic mass is 9.92. The molecule has 0 aliphatic heterocycles. The van der Waals surface area contributed by atoms with Crippen molar-refractivity contribution in [1.29, 1.82) is 5.26 Å². The number of benzene rings is 1. The Morgan fingerprint density at radius 3 is 2.58 bits per heavy atom. The second kappa shape index (κ2) is 6.16. The van der Waals surface area contributed by atoms with Gasteiger partial charge in [-0.2, -0.15) is 5.26 Å². The average molecular weight is 260 g/mol. The molecule has 19 heavy (non-hydrogen) atoms. The molecular weight excluding hydrogens is 239 g/mol. The second-order valence-electron chi connectivity index (χ2n) is 5.50. The Labute approximate surface area is 114 Å². The highest BCUT2D eigenvalue weighted by atomic mass is 19.1. The quantitative estimate of drug-likeness (QED) is 0.822. The van der Waals surface area contributed by atoms with E-state index in [-0.39, 0.29) is 11.9 Å². The van der Waals surface area contributed by atoms with E-state index >= 15 is 0 Å². The van der Waals surface area contributed by atoms with E-state index in [1.165, 1.54) is 25.3 Å². The van der Waals surface area contributed by atoms with Crippen molar-refractivity contribution in [3.05, 3.63) is 35.1 Å². The summed E-state index contributed by atoms with van der Waals surface area (Å²) in [5.41, 5.74) is 1.50. The monoisotopic (exact) mass is 260 g/mol. The van der Waals surface area contributed by atoms with Gasteiger partial charge in [-0.25, -0.2) is 4.39 Å². The van der Waals surface area contributed by atoms with E-state index in [1.54, 1.807) is 19.1 Å². The first-order valence-corrected chi connectivity index (χ1v) is 7.01. The number of nitrogens with zero attached hydrogens (tertiary/aromatic N) is 2. The molecule has 0 aromatic heterocycles. The van der Waals surface area contributed by atoms with Gasteiger partial charge < -0.3 is 0 Å². The van der Waals surface area contributed by atoms with E-state index in [2.05, 4.69) is 11.0 Å². The number of rotatable bonds is 3. The fourth-order valence-corrected chi connectivity index (χ4v) is 2.94. The van der Waals surface area contributed by atoms with Gasteiger partial charge in [0.1, 0.15) is 11.9 Å². The summed E-state index contributed by atoms with van der Waals surface area (Å²) in [6, 6.07) is 7.55. The lowest BCUT2D eigenvalue weighted by Crippen LogP contribution is -2.36. The first kappa shape index (κ1) is 14.0. The molecule has 1 aliphatic rings. The molecule has 1 unspecified atom stereocenters. The number of hydrogen-bond acceptors (Lipinski definition) is 2. The molecule has 2 nitrogen and oxygen atoms in total. The number of halogens is 1. The highest BCUT2D eigenvalue weighted by Gasteiger charge is 2.25. The van der Waals surface area contributed by atoms with Crippen LogP contribution in [-0.4, -0.2) is 18.0 Å². The van der Waals surface area contributed by atoms with E-state index in [9.17, 15) is 9.65 Å². The van der Waals surface area contributed by atoms with Crippen LogP contribution in [0.25, 0.3) is 0 Å². The smallest absolute Gasteiger partial charge is 0.126 e. The molecule has 2 rings (SSSR count). The molecule has 1 aromatic carbocycles. The van der Waals surface area contributed by atoms with Crippen molar-refractivity contribution in [2.75, 3.05) is 7.05 Å². The van der Waals surface area contributed by atoms with Gasteiger partial charge in [-0.1, -0.05) is 31.4 Å². The Hall–Kier alpha value is -1.40. The average Bonchev–Trinajstić information content (AvgIpc) is 2.44. The Kier molecular flexibility index (Phi) is 4.55. The molecule has 1 atom stereocenters. The summed E-state index contributed by atoms with van der Waals surface area (Å²) in [5.74, 6) is -0.208. The first-order valence-electron chi connectivity index (χ1n) is 7.01. The van der Waals surface area contributed by atoms with Crippen LogP contribution in [0.5, 0.6) is 0 Å². The molecule has 1 saturated carbocycles. The second-order valence-corrected chi connectivity index (χ2v) is 5.50. The van der Waals surface area contributed by atoms with Gasteiger partial charge in [0.05, 0.1) is 6.07 Å². The topological polar surface area (TPSA) is 27.0 Å². The van der Waals surface area contributed by atoms with E-state index < -0.39 is 0 Å². The molecule has 0 radical (unpaired) electrons. The third-order valence-corrected chi connectivity index (χ3v) is 4.18. The maximum Gasteiger partial charge on any atom is 0.126 e. The summed E-state index contributed by atoms with van der Waals surface area (Å²) < 4.78 is 13.3. The summed E-state index contributed by atoms with van der Waals surface area (Å²) >= 11 is 0. The minimum atomic E-state index is -0.276. The predicted molar refractivity (Wildman–Crippen MR) is 74.1 cm³/mol. The van der Waals surface area contributed by atoms with Crippen LogP contribution in [0.3, 0.4) is 0 Å². The Bertz CT molecular complexity index is 472. The summed E-state index contributed by atoms with van der Waals surface area (Å²) in [4.78, 5) is 2.16. The van der Waals surface area contributed by atoms with E-state index in [0.29, 0.717) is 11.6 Å². The molecule has 1 aromatic rings. The van der Waals surface area contributed by atoms with Crippen molar-refractivity contribution < 1.29 is 4.39 Å². The van der Waals surface area contributed by atoms with Gasteiger partial charge >= 0.3 is 0 Å². The van der Waals surface area contributed by atoms with Gasteiger partial charge in [0.25, 0.3) is 0 Å². The standard InChI is InChI=1S/C16H21FN2/c1-12-10-13(8-9-15(12)17)16(11-18)19(2)14-6-4-3-5-7-14/h8-10,14,16H,3-7H2,1-2H3. The Morgan fingerprint density at radius 2 is 2.00 bits per heavy atom. The molecule has 0 bridgehead atoms. The molecule has 3 heteroatoms. The number of hydrogen-bond donors (Lipinski definition) is 0. The van der Waals surface area contributed by atoms with Crippen LogP contribution in [0.1, 0.15) is 49.3 Å². The molecule has 0 amide bonds. The zero-order valence-corrected chi connectivity index (χ0v) is 11.7. The van der Waals surface area contributed by atoms with E-state index in [1.807, 2.05) is 7.05 Å². The molecule has 0 spiro atoms. The van der Waals surface area contributed by atoms with Gasteiger partial charge in [0.2, 0.25) is 0 Å². The molecule has 0 N–H and O–H groups in total. The van der Waals surface area contributed by atoms with Gasteiger partial charge in [-0.3, -0.25) is 4.90 Å². The summed E-state index contributed by atoms with van der Waals surface area (Å²) in [6.07, 6.45) is 6.12. The predicted octanol–water partition coefficient (Wildman–Crippen LogP) is 3.96. The van der Waals surface area contributed by atoms with Crippen molar-refractivity contribution in [3.8, 4) is 6.07 Å². The maximum absolute atomic E-state index is 13.3. The Balaban J connectivity index is 2.18. The van der Waals surface area contributed by atoms with Crippen molar-refractivity contribution in [2.24, 2.45) is 0 Å². The number of nitriles is 1. The first-order chi connectivity index (χ1) is 9.13. The van der Waals surface area contributed by atoms with Crippen LogP contribution in [0, 0.1) is 24.1 Å². The van der Waals surface area contributed by atoms with Gasteiger partial charge in [0, 0.05) is 6.04 Å². The minimum Gasteiger partial charge on any atom is -0.284 e. The summed E-state index contributed by atoms with van der Waals surface area (Å²) in [5, 5.41) is 9.46. The van der Waals surface area contributed by atoms with Crippen LogP contribution >= 0.6 is 0 Å². The zero-order chi connectivity index (χ0) is 13.8. The maximum atomic E-state index is 13.3. The van der Waals surface area contributed by atoms with Crippen LogP contribution in [0.2, 0.25) is 0 Å². The van der Waals surface area contributed by atoms with Crippen LogP contribution in [0.15, 0.2) is 18.2 Å². The van der Waals surface area contributed by atoms with Crippen LogP contribution in [-0.2, 0) is 0 Å². The third-order valence-electron chi connectivity index (χ3n) is 4.18. The molecular formula is C16H21FN2. The largest absolute Gasteiger partial charge is 0.284 e. The minimum absolute atomic E-state index is 0.208. The zero-order valence-electron chi connectivity index (χ0n) is 11.7. The van der Waals surface area contributed by atoms with Crippen molar-refractivity contribution in [1.82, 2.24) is 4.90 Å². The molecule has 0 saturated heterocycles. The van der Waals surface area contributed by atoms with E-state index in [0.717, 1.165) is 18.4 Å². The lowest BCUT2D eigenvalue weighted by Gasteiger charge is -2.34. The summed E-state index contributed by atoms with van der Waals surface area (Å²) in [6.45, 7) is 1.74. The fourth-order valence-electron chi connectivity index (χ4n) is 2.94. The van der Waals surface area contributed by atoms with Crippen molar-refractivity contribution in [2.45, 2.75) is 51.1 Å². The molecule has 1 fully saturated rings. The highest BCUT2D eigenvalue weighted by Crippen LogP contribution is 2.29. The van der Waals surface area contributed by atoms with Gasteiger partial charge in [-0.15, -0.1) is 0 Å².